The third-order valence-corrected chi connectivity index (χ3v) is 4.15. The lowest BCUT2D eigenvalue weighted by Crippen LogP contribution is -2.35. The zero-order valence-electron chi connectivity index (χ0n) is 13.0. The van der Waals surface area contributed by atoms with Gasteiger partial charge >= 0.3 is 0 Å². The fourth-order valence-corrected chi connectivity index (χ4v) is 3.63. The van der Waals surface area contributed by atoms with E-state index in [0.717, 1.165) is 32.5 Å². The summed E-state index contributed by atoms with van der Waals surface area (Å²) in [5.41, 5.74) is 1.70. The molecule has 2 rings (SSSR count). The van der Waals surface area contributed by atoms with Crippen LogP contribution in [0.1, 0.15) is 39.2 Å². The highest BCUT2D eigenvalue weighted by Gasteiger charge is 2.41. The third kappa shape index (κ3) is 3.43. The van der Waals surface area contributed by atoms with E-state index >= 15 is 0 Å². The third-order valence-electron chi connectivity index (χ3n) is 4.15. The van der Waals surface area contributed by atoms with Crippen molar-refractivity contribution in [2.24, 2.45) is 5.41 Å². The monoisotopic (exact) mass is 273 g/mol. The molecule has 0 bridgehead atoms. The van der Waals surface area contributed by atoms with Gasteiger partial charge in [0.1, 0.15) is 5.75 Å². The molecule has 1 aliphatic rings. The van der Waals surface area contributed by atoms with E-state index in [1.807, 2.05) is 18.2 Å². The zero-order valence-corrected chi connectivity index (χ0v) is 13.0. The van der Waals surface area contributed by atoms with Crippen molar-refractivity contribution in [2.75, 3.05) is 19.6 Å². The van der Waals surface area contributed by atoms with Gasteiger partial charge in [-0.25, -0.2) is 0 Å². The average Bonchev–Trinajstić information content (AvgIpc) is 2.72. The molecule has 1 aromatic carbocycles. The molecule has 110 valence electrons. The van der Waals surface area contributed by atoms with Gasteiger partial charge in [-0.2, -0.15) is 0 Å². The largest absolute Gasteiger partial charge is 0.508 e. The van der Waals surface area contributed by atoms with Crippen LogP contribution in [0.15, 0.2) is 36.9 Å². The van der Waals surface area contributed by atoms with Gasteiger partial charge in [-0.05, 0) is 42.5 Å². The van der Waals surface area contributed by atoms with Crippen molar-refractivity contribution in [3.63, 3.8) is 0 Å². The first-order valence-electron chi connectivity index (χ1n) is 7.47. The Morgan fingerprint density at radius 2 is 2.15 bits per heavy atom. The quantitative estimate of drug-likeness (QED) is 0.839. The fourth-order valence-electron chi connectivity index (χ4n) is 3.63. The van der Waals surface area contributed by atoms with Crippen molar-refractivity contribution in [3.05, 3.63) is 42.5 Å². The average molecular weight is 273 g/mol. The molecule has 2 heteroatoms. The highest BCUT2D eigenvalue weighted by molar-refractivity contribution is 5.35. The second kappa shape index (κ2) is 5.61. The van der Waals surface area contributed by atoms with E-state index in [9.17, 15) is 5.11 Å². The maximum atomic E-state index is 9.83. The number of likely N-dealkylation sites (tertiary alicyclic amines) is 1. The van der Waals surface area contributed by atoms with Crippen molar-refractivity contribution in [1.29, 1.82) is 0 Å². The molecular weight excluding hydrogens is 246 g/mol. The standard InChI is InChI=1S/C18H27NO/c1-5-10-19-11-9-18(14-19,13-17(2,3)4)15-7-6-8-16(20)12-15/h5-8,12,20H,1,9-11,13-14H2,2-4H3/t18-/m1/s1. The lowest BCUT2D eigenvalue weighted by molar-refractivity contribution is 0.244. The lowest BCUT2D eigenvalue weighted by Gasteiger charge is -2.36. The summed E-state index contributed by atoms with van der Waals surface area (Å²) in [4.78, 5) is 2.46. The maximum Gasteiger partial charge on any atom is 0.115 e. The molecule has 0 aliphatic carbocycles. The van der Waals surface area contributed by atoms with Gasteiger partial charge in [0, 0.05) is 18.5 Å². The number of phenolic OH excluding ortho intramolecular Hbond substituents is 1. The minimum Gasteiger partial charge on any atom is -0.508 e. The molecule has 1 N–H and O–H groups in total. The van der Waals surface area contributed by atoms with E-state index in [4.69, 9.17) is 0 Å². The van der Waals surface area contributed by atoms with E-state index in [1.165, 1.54) is 5.56 Å². The first-order valence-corrected chi connectivity index (χ1v) is 7.47. The summed E-state index contributed by atoms with van der Waals surface area (Å²) in [6.45, 7) is 13.9. The molecule has 0 amide bonds. The summed E-state index contributed by atoms with van der Waals surface area (Å²) in [6, 6.07) is 7.84. The minimum atomic E-state index is 0.153. The Hall–Kier alpha value is -1.28. The predicted octanol–water partition coefficient (Wildman–Crippen LogP) is 3.96. The molecule has 1 heterocycles. The molecule has 2 nitrogen and oxygen atoms in total. The van der Waals surface area contributed by atoms with Gasteiger partial charge < -0.3 is 5.11 Å². The van der Waals surface area contributed by atoms with Gasteiger partial charge in [-0.15, -0.1) is 6.58 Å². The van der Waals surface area contributed by atoms with Gasteiger partial charge in [0.05, 0.1) is 0 Å². The Morgan fingerprint density at radius 3 is 2.75 bits per heavy atom. The summed E-state index contributed by atoms with van der Waals surface area (Å²) in [5, 5.41) is 9.83. The van der Waals surface area contributed by atoms with Crippen molar-refractivity contribution in [1.82, 2.24) is 4.90 Å². The molecule has 0 aromatic heterocycles. The number of rotatable bonds is 4. The molecule has 1 aliphatic heterocycles. The van der Waals surface area contributed by atoms with Crippen LogP contribution in [0.2, 0.25) is 0 Å². The van der Waals surface area contributed by atoms with Crippen LogP contribution in [0, 0.1) is 5.41 Å². The van der Waals surface area contributed by atoms with Gasteiger partial charge in [0.15, 0.2) is 0 Å². The molecule has 0 saturated carbocycles. The van der Waals surface area contributed by atoms with E-state index < -0.39 is 0 Å². The van der Waals surface area contributed by atoms with E-state index in [2.05, 4.69) is 38.3 Å². The Kier molecular flexibility index (Phi) is 4.24. The van der Waals surface area contributed by atoms with Crippen molar-refractivity contribution in [2.45, 2.75) is 39.0 Å². The Balaban J connectivity index is 2.33. The number of aromatic hydroxyl groups is 1. The highest BCUT2D eigenvalue weighted by atomic mass is 16.3. The van der Waals surface area contributed by atoms with Crippen molar-refractivity contribution in [3.8, 4) is 5.75 Å². The summed E-state index contributed by atoms with van der Waals surface area (Å²) >= 11 is 0. The SMILES string of the molecule is C=CCN1CC[C@](CC(C)(C)C)(c2cccc(O)c2)C1. The topological polar surface area (TPSA) is 23.5 Å². The van der Waals surface area contributed by atoms with Crippen LogP contribution in [0.25, 0.3) is 0 Å². The van der Waals surface area contributed by atoms with Crippen LogP contribution in [0.3, 0.4) is 0 Å². The van der Waals surface area contributed by atoms with E-state index in [-0.39, 0.29) is 10.8 Å². The molecule has 0 radical (unpaired) electrons. The Bertz CT molecular complexity index is 475. The van der Waals surface area contributed by atoms with Crippen LogP contribution in [0.5, 0.6) is 5.75 Å². The van der Waals surface area contributed by atoms with Crippen molar-refractivity contribution >= 4 is 0 Å². The smallest absolute Gasteiger partial charge is 0.115 e. The summed E-state index contributed by atoms with van der Waals surface area (Å²) in [5.74, 6) is 0.373. The van der Waals surface area contributed by atoms with Crippen molar-refractivity contribution < 1.29 is 5.11 Å². The number of hydrogen-bond donors (Lipinski definition) is 1. The molecule has 1 saturated heterocycles. The zero-order chi connectivity index (χ0) is 14.8. The van der Waals surface area contributed by atoms with Crippen LogP contribution >= 0.6 is 0 Å². The first kappa shape index (κ1) is 15.1. The molecule has 1 atom stereocenters. The minimum absolute atomic E-state index is 0.153. The molecule has 0 spiro atoms. The van der Waals surface area contributed by atoms with Crippen LogP contribution < -0.4 is 0 Å². The molecule has 1 fully saturated rings. The molecule has 1 aromatic rings. The number of hydrogen-bond acceptors (Lipinski definition) is 2. The molecule has 20 heavy (non-hydrogen) atoms. The summed E-state index contributed by atoms with van der Waals surface area (Å²) in [6.07, 6.45) is 4.27. The number of benzene rings is 1. The lowest BCUT2D eigenvalue weighted by atomic mass is 9.69. The van der Waals surface area contributed by atoms with E-state index in [1.54, 1.807) is 6.07 Å². The Labute approximate surface area is 123 Å². The second-order valence-corrected chi connectivity index (χ2v) is 7.34. The van der Waals surface area contributed by atoms with Crippen LogP contribution in [0.4, 0.5) is 0 Å². The fraction of sp³-hybridized carbons (Fsp3) is 0.556. The van der Waals surface area contributed by atoms with Crippen LogP contribution in [-0.2, 0) is 5.41 Å². The Morgan fingerprint density at radius 1 is 1.40 bits per heavy atom. The maximum absolute atomic E-state index is 9.83. The van der Waals surface area contributed by atoms with Gasteiger partial charge in [-0.1, -0.05) is 39.0 Å². The number of nitrogens with zero attached hydrogens (tertiary/aromatic N) is 1. The summed E-state index contributed by atoms with van der Waals surface area (Å²) in [7, 11) is 0. The number of phenols is 1. The second-order valence-electron chi connectivity index (χ2n) is 7.34. The highest BCUT2D eigenvalue weighted by Crippen LogP contribution is 2.44. The predicted molar refractivity (Wildman–Crippen MR) is 85.1 cm³/mol. The summed E-state index contributed by atoms with van der Waals surface area (Å²) < 4.78 is 0. The van der Waals surface area contributed by atoms with Gasteiger partial charge in [-0.3, -0.25) is 4.90 Å². The van der Waals surface area contributed by atoms with Gasteiger partial charge in [0.2, 0.25) is 0 Å². The van der Waals surface area contributed by atoms with Gasteiger partial charge in [0.25, 0.3) is 0 Å². The first-order chi connectivity index (χ1) is 9.35. The molecule has 0 unspecified atom stereocenters. The van der Waals surface area contributed by atoms with Crippen LogP contribution in [-0.4, -0.2) is 29.6 Å². The van der Waals surface area contributed by atoms with E-state index in [0.29, 0.717) is 5.75 Å². The normalized spacial score (nSPS) is 23.9. The molecular formula is C18H27NO.